The first-order chi connectivity index (χ1) is 9.26. The van der Waals surface area contributed by atoms with E-state index in [-0.39, 0.29) is 17.6 Å². The highest BCUT2D eigenvalue weighted by Crippen LogP contribution is 2.27. The van der Waals surface area contributed by atoms with Crippen molar-refractivity contribution >= 4 is 10.0 Å². The summed E-state index contributed by atoms with van der Waals surface area (Å²) >= 11 is 0. The Bertz CT molecular complexity index is 583. The van der Waals surface area contributed by atoms with Crippen molar-refractivity contribution in [2.75, 3.05) is 13.1 Å². The third-order valence-corrected chi connectivity index (χ3v) is 5.21. The molecule has 0 aliphatic carbocycles. The van der Waals surface area contributed by atoms with E-state index in [1.165, 1.54) is 10.4 Å². The molecule has 112 valence electrons. The molecule has 0 amide bonds. The smallest absolute Gasteiger partial charge is 0.243 e. The molecule has 1 unspecified atom stereocenters. The van der Waals surface area contributed by atoms with E-state index in [2.05, 4.69) is 0 Å². The number of morpholine rings is 1. The molecule has 0 spiro atoms. The molecule has 0 aromatic heterocycles. The normalized spacial score (nSPS) is 23.7. The van der Waals surface area contributed by atoms with E-state index in [0.717, 1.165) is 0 Å². The quantitative estimate of drug-likeness (QED) is 0.915. The summed E-state index contributed by atoms with van der Waals surface area (Å²) in [6, 6.07) is 6.55. The van der Waals surface area contributed by atoms with Crippen LogP contribution in [0.2, 0.25) is 0 Å². The zero-order valence-corrected chi connectivity index (χ0v) is 12.9. The fourth-order valence-corrected chi connectivity index (χ4v) is 4.48. The molecule has 5 nitrogen and oxygen atoms in total. The molecule has 1 saturated heterocycles. The predicted molar refractivity (Wildman–Crippen MR) is 75.7 cm³/mol. The van der Waals surface area contributed by atoms with Gasteiger partial charge in [0.2, 0.25) is 10.0 Å². The molecule has 20 heavy (non-hydrogen) atoms. The topological polar surface area (TPSA) is 66.8 Å². The Morgan fingerprint density at radius 3 is 2.65 bits per heavy atom. The summed E-state index contributed by atoms with van der Waals surface area (Å²) in [6.07, 6.45) is -0.158. The largest absolute Gasteiger partial charge is 0.392 e. The minimum absolute atomic E-state index is 0.158. The molecule has 1 aliphatic rings. The summed E-state index contributed by atoms with van der Waals surface area (Å²) < 4.78 is 32.7. The van der Waals surface area contributed by atoms with E-state index in [0.29, 0.717) is 18.7 Å². The van der Waals surface area contributed by atoms with E-state index in [1.54, 1.807) is 18.2 Å². The zero-order valence-electron chi connectivity index (χ0n) is 12.0. The lowest BCUT2D eigenvalue weighted by molar-refractivity contribution is -0.109. The first-order valence-corrected chi connectivity index (χ1v) is 8.07. The average Bonchev–Trinajstić information content (AvgIpc) is 2.36. The monoisotopic (exact) mass is 299 g/mol. The lowest BCUT2D eigenvalue weighted by Crippen LogP contribution is -2.53. The number of hydrogen-bond acceptors (Lipinski definition) is 4. The second-order valence-corrected chi connectivity index (χ2v) is 7.66. The van der Waals surface area contributed by atoms with E-state index < -0.39 is 15.6 Å². The van der Waals surface area contributed by atoms with E-state index >= 15 is 0 Å². The first-order valence-electron chi connectivity index (χ1n) is 6.63. The van der Waals surface area contributed by atoms with E-state index in [9.17, 15) is 13.5 Å². The minimum atomic E-state index is -3.62. The molecule has 1 aromatic rings. The Kier molecular flexibility index (Phi) is 4.20. The van der Waals surface area contributed by atoms with Crippen molar-refractivity contribution in [2.45, 2.75) is 44.0 Å². The van der Waals surface area contributed by atoms with E-state index in [4.69, 9.17) is 4.74 Å². The van der Waals surface area contributed by atoms with Gasteiger partial charge in [-0.25, -0.2) is 8.42 Å². The number of aliphatic hydroxyl groups is 1. The molecule has 1 fully saturated rings. The van der Waals surface area contributed by atoms with Crippen LogP contribution in [-0.4, -0.2) is 42.6 Å². The zero-order chi connectivity index (χ0) is 15.0. The summed E-state index contributed by atoms with van der Waals surface area (Å²) in [5.74, 6) is 0. The molecular formula is C14H21NO4S. The van der Waals surface area contributed by atoms with Gasteiger partial charge in [0.25, 0.3) is 0 Å². The predicted octanol–water partition coefficient (Wildman–Crippen LogP) is 1.37. The van der Waals surface area contributed by atoms with Crippen LogP contribution >= 0.6 is 0 Å². The summed E-state index contributed by atoms with van der Waals surface area (Å²) in [6.45, 7) is 5.96. The molecule has 0 saturated carbocycles. The fraction of sp³-hybridized carbons (Fsp3) is 0.571. The number of hydrogen-bond donors (Lipinski definition) is 1. The molecule has 1 heterocycles. The fourth-order valence-electron chi connectivity index (χ4n) is 2.60. The van der Waals surface area contributed by atoms with Crippen molar-refractivity contribution in [1.82, 2.24) is 4.31 Å². The molecule has 1 atom stereocenters. The Labute approximate surface area is 120 Å². The van der Waals surface area contributed by atoms with Crippen molar-refractivity contribution in [2.24, 2.45) is 0 Å². The molecule has 6 heteroatoms. The lowest BCUT2D eigenvalue weighted by Gasteiger charge is -2.41. The summed E-state index contributed by atoms with van der Waals surface area (Å²) in [4.78, 5) is 0.174. The summed E-state index contributed by atoms with van der Waals surface area (Å²) in [5.41, 5.74) is -0.0942. The van der Waals surface area contributed by atoms with Gasteiger partial charge in [0.15, 0.2) is 0 Å². The van der Waals surface area contributed by atoms with Crippen LogP contribution in [0.15, 0.2) is 29.2 Å². The number of ether oxygens (including phenoxy) is 1. The summed E-state index contributed by atoms with van der Waals surface area (Å²) in [5, 5.41) is 9.33. The summed E-state index contributed by atoms with van der Waals surface area (Å²) in [7, 11) is -3.62. The number of sulfonamides is 1. The van der Waals surface area contributed by atoms with Gasteiger partial charge in [-0.15, -0.1) is 0 Å². The Balaban J connectivity index is 2.39. The number of benzene rings is 1. The van der Waals surface area contributed by atoms with Crippen LogP contribution in [0.3, 0.4) is 0 Å². The molecule has 1 aromatic carbocycles. The third kappa shape index (κ3) is 3.03. The van der Waals surface area contributed by atoms with Crippen LogP contribution < -0.4 is 0 Å². The van der Waals surface area contributed by atoms with Crippen molar-refractivity contribution in [3.63, 3.8) is 0 Å². The minimum Gasteiger partial charge on any atom is -0.392 e. The van der Waals surface area contributed by atoms with Gasteiger partial charge in [0.1, 0.15) is 0 Å². The van der Waals surface area contributed by atoms with Crippen LogP contribution in [0.25, 0.3) is 0 Å². The maximum Gasteiger partial charge on any atom is 0.243 e. The molecule has 0 radical (unpaired) electrons. The molecule has 0 bridgehead atoms. The number of rotatable bonds is 3. The SMILES string of the molecule is CC1CN(S(=O)(=O)c2ccccc2CO)CC(C)(C)O1. The molecular weight excluding hydrogens is 278 g/mol. The molecule has 2 rings (SSSR count). The number of aliphatic hydroxyl groups excluding tert-OH is 1. The number of nitrogens with zero attached hydrogens (tertiary/aromatic N) is 1. The van der Waals surface area contributed by atoms with Gasteiger partial charge in [0, 0.05) is 13.1 Å². The standard InChI is InChI=1S/C14H21NO4S/c1-11-8-15(10-14(2,3)19-11)20(17,18)13-7-5-4-6-12(13)9-16/h4-7,11,16H,8-10H2,1-3H3. The van der Waals surface area contributed by atoms with Gasteiger partial charge < -0.3 is 9.84 Å². The van der Waals surface area contributed by atoms with Crippen LogP contribution in [0.5, 0.6) is 0 Å². The Morgan fingerprint density at radius 2 is 2.05 bits per heavy atom. The van der Waals surface area contributed by atoms with E-state index in [1.807, 2.05) is 20.8 Å². The van der Waals surface area contributed by atoms with Gasteiger partial charge in [-0.05, 0) is 32.4 Å². The van der Waals surface area contributed by atoms with Crippen LogP contribution in [-0.2, 0) is 21.4 Å². The maximum absolute atomic E-state index is 12.8. The molecule has 1 N–H and O–H groups in total. The van der Waals surface area contributed by atoms with Gasteiger partial charge in [-0.3, -0.25) is 0 Å². The maximum atomic E-state index is 12.8. The van der Waals surface area contributed by atoms with Crippen LogP contribution in [0, 0.1) is 0 Å². The lowest BCUT2D eigenvalue weighted by atomic mass is 10.1. The first kappa shape index (κ1) is 15.4. The van der Waals surface area contributed by atoms with Crippen molar-refractivity contribution in [3.8, 4) is 0 Å². The van der Waals surface area contributed by atoms with Crippen LogP contribution in [0.4, 0.5) is 0 Å². The third-order valence-electron chi connectivity index (χ3n) is 3.30. The molecule has 1 aliphatic heterocycles. The van der Waals surface area contributed by atoms with Crippen molar-refractivity contribution in [1.29, 1.82) is 0 Å². The highest BCUT2D eigenvalue weighted by molar-refractivity contribution is 7.89. The van der Waals surface area contributed by atoms with Gasteiger partial charge in [-0.1, -0.05) is 18.2 Å². The Morgan fingerprint density at radius 1 is 1.40 bits per heavy atom. The van der Waals surface area contributed by atoms with Gasteiger partial charge in [-0.2, -0.15) is 4.31 Å². The van der Waals surface area contributed by atoms with Gasteiger partial charge in [0.05, 0.1) is 23.2 Å². The highest BCUT2D eigenvalue weighted by atomic mass is 32.2. The average molecular weight is 299 g/mol. The highest BCUT2D eigenvalue weighted by Gasteiger charge is 2.38. The van der Waals surface area contributed by atoms with Crippen LogP contribution in [0.1, 0.15) is 26.3 Å². The van der Waals surface area contributed by atoms with Gasteiger partial charge >= 0.3 is 0 Å². The second kappa shape index (κ2) is 5.44. The second-order valence-electron chi connectivity index (χ2n) is 5.75. The van der Waals surface area contributed by atoms with Crippen molar-refractivity contribution < 1.29 is 18.3 Å². The Hall–Kier alpha value is -0.950. The van der Waals surface area contributed by atoms with Crippen molar-refractivity contribution in [3.05, 3.63) is 29.8 Å².